The first-order valence-electron chi connectivity index (χ1n) is 8.87. The summed E-state index contributed by atoms with van der Waals surface area (Å²) in [5, 5.41) is 11.5. The first-order valence-corrected chi connectivity index (χ1v) is 8.87. The largest absolute Gasteiger partial charge is 0.463 e. The summed E-state index contributed by atoms with van der Waals surface area (Å²) in [4.78, 5) is 36.6. The number of ether oxygens (including phenoxy) is 2. The van der Waals surface area contributed by atoms with Crippen molar-refractivity contribution in [2.45, 2.75) is 25.9 Å². The van der Waals surface area contributed by atoms with Crippen LogP contribution in [0.1, 0.15) is 45.9 Å². The van der Waals surface area contributed by atoms with Crippen LogP contribution in [0.5, 0.6) is 0 Å². The molecule has 3 rings (SSSR count). The van der Waals surface area contributed by atoms with Gasteiger partial charge in [0.2, 0.25) is 5.76 Å². The molecule has 0 saturated carbocycles. The second-order valence-corrected chi connectivity index (χ2v) is 6.34. The molecule has 28 heavy (non-hydrogen) atoms. The Balaban J connectivity index is 1.71. The monoisotopic (exact) mass is 388 g/mol. The van der Waals surface area contributed by atoms with Crippen LogP contribution in [-0.4, -0.2) is 37.1 Å². The van der Waals surface area contributed by atoms with Crippen molar-refractivity contribution in [1.29, 1.82) is 0 Å². The Bertz CT molecular complexity index is 884. The van der Waals surface area contributed by atoms with Crippen molar-refractivity contribution in [3.05, 3.63) is 57.5 Å². The van der Waals surface area contributed by atoms with E-state index in [1.165, 1.54) is 31.4 Å². The van der Waals surface area contributed by atoms with Gasteiger partial charge in [-0.1, -0.05) is 0 Å². The molecule has 1 aromatic carbocycles. The van der Waals surface area contributed by atoms with Crippen LogP contribution in [-0.2, 0) is 16.1 Å². The van der Waals surface area contributed by atoms with Crippen molar-refractivity contribution in [1.82, 2.24) is 0 Å². The fraction of sp³-hybridized carbons (Fsp3) is 0.368. The number of carbonyl (C=O) groups excluding carboxylic acids is 2. The Morgan fingerprint density at radius 2 is 1.89 bits per heavy atom. The van der Waals surface area contributed by atoms with E-state index >= 15 is 0 Å². The van der Waals surface area contributed by atoms with E-state index in [4.69, 9.17) is 9.15 Å². The molecule has 0 aliphatic carbocycles. The maximum Gasteiger partial charge on any atom is 0.373 e. The van der Waals surface area contributed by atoms with E-state index in [2.05, 4.69) is 4.74 Å². The number of hydrogen-bond donors (Lipinski definition) is 0. The van der Waals surface area contributed by atoms with Crippen molar-refractivity contribution in [2.75, 3.05) is 25.1 Å². The number of methoxy groups -OCH3 is 1. The van der Waals surface area contributed by atoms with E-state index in [-0.39, 0.29) is 29.4 Å². The van der Waals surface area contributed by atoms with Crippen LogP contribution in [0.25, 0.3) is 0 Å². The molecule has 1 aliphatic rings. The van der Waals surface area contributed by atoms with Gasteiger partial charge >= 0.3 is 11.9 Å². The lowest BCUT2D eigenvalue weighted by molar-refractivity contribution is -0.384. The molecule has 0 amide bonds. The number of esters is 2. The van der Waals surface area contributed by atoms with Crippen LogP contribution in [0.2, 0.25) is 0 Å². The van der Waals surface area contributed by atoms with E-state index in [1.807, 2.05) is 4.90 Å². The minimum atomic E-state index is -0.718. The van der Waals surface area contributed by atoms with Crippen LogP contribution < -0.4 is 4.90 Å². The van der Waals surface area contributed by atoms with Crippen molar-refractivity contribution in [3.8, 4) is 0 Å². The van der Waals surface area contributed by atoms with Crippen LogP contribution in [0.15, 0.2) is 34.7 Å². The Kier molecular flexibility index (Phi) is 5.93. The molecule has 2 aromatic rings. The zero-order chi connectivity index (χ0) is 20.1. The minimum absolute atomic E-state index is 0.00456. The van der Waals surface area contributed by atoms with Crippen molar-refractivity contribution in [3.63, 3.8) is 0 Å². The summed E-state index contributed by atoms with van der Waals surface area (Å²) in [5.74, 6) is -1.10. The Labute approximate surface area is 161 Å². The van der Waals surface area contributed by atoms with Crippen molar-refractivity contribution in [2.24, 2.45) is 0 Å². The molecule has 1 saturated heterocycles. The number of benzene rings is 1. The fourth-order valence-electron chi connectivity index (χ4n) is 3.08. The molecule has 9 heteroatoms. The summed E-state index contributed by atoms with van der Waals surface area (Å²) >= 11 is 0. The van der Waals surface area contributed by atoms with Gasteiger partial charge in [0.1, 0.15) is 18.1 Å². The molecule has 0 N–H and O–H groups in total. The van der Waals surface area contributed by atoms with Gasteiger partial charge in [0, 0.05) is 19.2 Å². The number of anilines is 1. The SMILES string of the molecule is COC(=O)c1ccc(COC(=O)c2ccc(N3CCCCC3)c([N+](=O)[O-])c2)o1. The number of hydrogen-bond acceptors (Lipinski definition) is 8. The predicted octanol–water partition coefficient (Wildman–Crippen LogP) is 3.32. The van der Waals surface area contributed by atoms with Gasteiger partial charge in [-0.3, -0.25) is 10.1 Å². The Morgan fingerprint density at radius 1 is 1.14 bits per heavy atom. The van der Waals surface area contributed by atoms with Gasteiger partial charge in [0.25, 0.3) is 5.69 Å². The molecule has 0 radical (unpaired) electrons. The number of nitro benzene ring substituents is 1. The van der Waals surface area contributed by atoms with Gasteiger partial charge in [0.05, 0.1) is 17.6 Å². The van der Waals surface area contributed by atoms with Gasteiger partial charge < -0.3 is 18.8 Å². The van der Waals surface area contributed by atoms with Gasteiger partial charge in [-0.05, 0) is 43.5 Å². The number of furan rings is 1. The Morgan fingerprint density at radius 3 is 2.57 bits per heavy atom. The minimum Gasteiger partial charge on any atom is -0.463 e. The van der Waals surface area contributed by atoms with Crippen LogP contribution in [0.3, 0.4) is 0 Å². The molecule has 148 valence electrons. The highest BCUT2D eigenvalue weighted by Gasteiger charge is 2.23. The highest BCUT2D eigenvalue weighted by molar-refractivity contribution is 5.91. The van der Waals surface area contributed by atoms with Crippen molar-refractivity contribution < 1.29 is 28.4 Å². The average Bonchev–Trinajstić information content (AvgIpc) is 3.20. The van der Waals surface area contributed by atoms with E-state index in [9.17, 15) is 19.7 Å². The maximum absolute atomic E-state index is 12.3. The van der Waals surface area contributed by atoms with Gasteiger partial charge in [0.15, 0.2) is 0 Å². The Hall–Kier alpha value is -3.36. The first kappa shape index (κ1) is 19.4. The molecule has 0 unspecified atom stereocenters. The third-order valence-corrected chi connectivity index (χ3v) is 4.50. The standard InChI is InChI=1S/C19H20N2O7/c1-26-19(23)17-8-6-14(28-17)12-27-18(22)13-5-7-15(16(11-13)21(24)25)20-9-3-2-4-10-20/h5-8,11H,2-4,9-10,12H2,1H3. The van der Waals surface area contributed by atoms with Crippen molar-refractivity contribution >= 4 is 23.3 Å². The lowest BCUT2D eigenvalue weighted by Crippen LogP contribution is -2.30. The second-order valence-electron chi connectivity index (χ2n) is 6.34. The number of piperidine rings is 1. The third-order valence-electron chi connectivity index (χ3n) is 4.50. The normalized spacial score (nSPS) is 13.8. The second kappa shape index (κ2) is 8.55. The van der Waals surface area contributed by atoms with Gasteiger partial charge in [-0.2, -0.15) is 0 Å². The topological polar surface area (TPSA) is 112 Å². The highest BCUT2D eigenvalue weighted by atomic mass is 16.6. The molecule has 1 fully saturated rings. The number of nitro groups is 1. The van der Waals surface area contributed by atoms with Gasteiger partial charge in [-0.25, -0.2) is 9.59 Å². The molecule has 9 nitrogen and oxygen atoms in total. The van der Waals surface area contributed by atoms with Crippen LogP contribution in [0.4, 0.5) is 11.4 Å². The maximum atomic E-state index is 12.3. The zero-order valence-electron chi connectivity index (χ0n) is 15.4. The quantitative estimate of drug-likeness (QED) is 0.421. The lowest BCUT2D eigenvalue weighted by atomic mass is 10.1. The molecule has 2 heterocycles. The number of nitrogens with zero attached hydrogens (tertiary/aromatic N) is 2. The lowest BCUT2D eigenvalue weighted by Gasteiger charge is -2.28. The van der Waals surface area contributed by atoms with E-state index in [1.54, 1.807) is 6.07 Å². The van der Waals surface area contributed by atoms with Crippen LogP contribution in [0, 0.1) is 10.1 Å². The highest BCUT2D eigenvalue weighted by Crippen LogP contribution is 2.31. The van der Waals surface area contributed by atoms with Crippen LogP contribution >= 0.6 is 0 Å². The number of carbonyl (C=O) groups is 2. The molecular weight excluding hydrogens is 368 g/mol. The molecule has 1 aromatic heterocycles. The summed E-state index contributed by atoms with van der Waals surface area (Å²) in [6.45, 7) is 1.30. The molecular formula is C19H20N2O7. The summed E-state index contributed by atoms with van der Waals surface area (Å²) in [6, 6.07) is 7.23. The first-order chi connectivity index (χ1) is 13.5. The zero-order valence-corrected chi connectivity index (χ0v) is 15.4. The van der Waals surface area contributed by atoms with E-state index < -0.39 is 16.9 Å². The summed E-state index contributed by atoms with van der Waals surface area (Å²) in [7, 11) is 1.23. The van der Waals surface area contributed by atoms with Gasteiger partial charge in [-0.15, -0.1) is 0 Å². The van der Waals surface area contributed by atoms with E-state index in [0.29, 0.717) is 5.69 Å². The molecule has 0 spiro atoms. The fourth-order valence-corrected chi connectivity index (χ4v) is 3.08. The average molecular weight is 388 g/mol. The smallest absolute Gasteiger partial charge is 0.373 e. The molecule has 1 aliphatic heterocycles. The summed E-state index contributed by atoms with van der Waals surface area (Å²) in [6.07, 6.45) is 3.08. The number of rotatable bonds is 6. The summed E-state index contributed by atoms with van der Waals surface area (Å²) in [5.41, 5.74) is 0.463. The molecule has 0 atom stereocenters. The predicted molar refractivity (Wildman–Crippen MR) is 98.3 cm³/mol. The molecule has 0 bridgehead atoms. The van der Waals surface area contributed by atoms with E-state index in [0.717, 1.165) is 32.4 Å². The third kappa shape index (κ3) is 4.30. The summed E-state index contributed by atoms with van der Waals surface area (Å²) < 4.78 is 14.9.